The van der Waals surface area contributed by atoms with Crippen LogP contribution in [0.5, 0.6) is 0 Å². The molecular formula is C9H20N2O. The first-order valence-corrected chi connectivity index (χ1v) is 3.44. The molecule has 0 bridgehead atoms. The number of aliphatic hydroxyl groups excluding tert-OH is 1. The molecule has 0 spiro atoms. The van der Waals surface area contributed by atoms with Crippen molar-refractivity contribution in [3.8, 4) is 0 Å². The third-order valence-electron chi connectivity index (χ3n) is 1.36. The Hall–Kier alpha value is -0.830. The number of nitrogens with one attached hydrogen (secondary N) is 1. The van der Waals surface area contributed by atoms with Gasteiger partial charge in [-0.15, -0.1) is 0 Å². The summed E-state index contributed by atoms with van der Waals surface area (Å²) in [6, 6.07) is 0. The van der Waals surface area contributed by atoms with Gasteiger partial charge >= 0.3 is 0 Å². The van der Waals surface area contributed by atoms with Gasteiger partial charge in [0.2, 0.25) is 0 Å². The Morgan fingerprint density at radius 2 is 2.17 bits per heavy atom. The van der Waals surface area contributed by atoms with Crippen LogP contribution in [0.2, 0.25) is 0 Å². The number of rotatable bonds is 3. The summed E-state index contributed by atoms with van der Waals surface area (Å²) in [5.74, 6) is 0.938. The smallest absolute Gasteiger partial charge is 0.103 e. The summed E-state index contributed by atoms with van der Waals surface area (Å²) in [6.45, 7) is 2.17. The van der Waals surface area contributed by atoms with E-state index in [0.717, 1.165) is 24.4 Å². The summed E-state index contributed by atoms with van der Waals surface area (Å²) < 4.78 is 0. The molecule has 12 heavy (non-hydrogen) atoms. The molecule has 0 aliphatic rings. The Labute approximate surface area is 74.9 Å². The fourth-order valence-corrected chi connectivity index (χ4v) is 0.868. The lowest BCUT2D eigenvalue weighted by molar-refractivity contribution is 0.288. The van der Waals surface area contributed by atoms with Gasteiger partial charge in [0, 0.05) is 18.5 Å². The Bertz CT molecular complexity index is 196. The molecule has 0 radical (unpaired) electrons. The van der Waals surface area contributed by atoms with Gasteiger partial charge in [-0.05, 0) is 19.8 Å². The minimum absolute atomic E-state index is 0. The number of H-pyrrole nitrogens is 1. The fourth-order valence-electron chi connectivity index (χ4n) is 0.868. The molecule has 0 aromatic carbocycles. The van der Waals surface area contributed by atoms with E-state index in [9.17, 15) is 0 Å². The van der Waals surface area contributed by atoms with E-state index in [4.69, 9.17) is 5.11 Å². The average molecular weight is 172 g/mol. The molecule has 0 saturated carbocycles. The molecule has 0 unspecified atom stereocenters. The van der Waals surface area contributed by atoms with Crippen molar-refractivity contribution in [3.63, 3.8) is 0 Å². The molecule has 0 aliphatic carbocycles. The molecular weight excluding hydrogens is 152 g/mol. The highest BCUT2D eigenvalue weighted by Crippen LogP contribution is 1.98. The lowest BCUT2D eigenvalue weighted by Gasteiger charge is -1.91. The van der Waals surface area contributed by atoms with Gasteiger partial charge in [-0.1, -0.05) is 14.9 Å². The number of hydrogen-bond acceptors (Lipinski definition) is 2. The number of aryl methyl sites for hydroxylation is 2. The summed E-state index contributed by atoms with van der Waals surface area (Å²) in [5, 5.41) is 8.50. The van der Waals surface area contributed by atoms with E-state index >= 15 is 0 Å². The predicted molar refractivity (Wildman–Crippen MR) is 52.2 cm³/mol. The second-order valence-corrected chi connectivity index (χ2v) is 2.32. The number of nitrogens with zero attached hydrogens (tertiary/aromatic N) is 1. The summed E-state index contributed by atoms with van der Waals surface area (Å²) in [5.41, 5.74) is 1.10. The van der Waals surface area contributed by atoms with Crippen molar-refractivity contribution < 1.29 is 5.11 Å². The van der Waals surface area contributed by atoms with Crippen molar-refractivity contribution >= 4 is 0 Å². The average Bonchev–Trinajstić information content (AvgIpc) is 2.31. The molecule has 1 aromatic heterocycles. The van der Waals surface area contributed by atoms with Crippen LogP contribution in [-0.2, 0) is 6.42 Å². The first-order valence-electron chi connectivity index (χ1n) is 3.44. The van der Waals surface area contributed by atoms with Crippen LogP contribution in [0.3, 0.4) is 0 Å². The van der Waals surface area contributed by atoms with Gasteiger partial charge in [0.15, 0.2) is 0 Å². The molecule has 1 heterocycles. The molecule has 0 saturated heterocycles. The van der Waals surface area contributed by atoms with Gasteiger partial charge in [-0.3, -0.25) is 0 Å². The van der Waals surface area contributed by atoms with Crippen molar-refractivity contribution in [1.82, 2.24) is 9.97 Å². The molecule has 0 fully saturated rings. The highest BCUT2D eigenvalue weighted by Gasteiger charge is 1.94. The Morgan fingerprint density at radius 1 is 1.50 bits per heavy atom. The van der Waals surface area contributed by atoms with Crippen LogP contribution in [0.1, 0.15) is 32.8 Å². The summed E-state index contributed by atoms with van der Waals surface area (Å²) >= 11 is 0. The summed E-state index contributed by atoms with van der Waals surface area (Å²) in [4.78, 5) is 7.12. The zero-order valence-corrected chi connectivity index (χ0v) is 6.09. The quantitative estimate of drug-likeness (QED) is 0.731. The molecule has 0 amide bonds. The first-order chi connectivity index (χ1) is 4.83. The number of aromatic amines is 1. The highest BCUT2D eigenvalue weighted by molar-refractivity contribution is 4.99. The van der Waals surface area contributed by atoms with Crippen molar-refractivity contribution in [2.24, 2.45) is 0 Å². The van der Waals surface area contributed by atoms with Gasteiger partial charge in [-0.2, -0.15) is 0 Å². The molecule has 2 N–H and O–H groups in total. The highest BCUT2D eigenvalue weighted by atomic mass is 16.2. The molecule has 1 aromatic rings. The van der Waals surface area contributed by atoms with Gasteiger partial charge < -0.3 is 10.1 Å². The minimum atomic E-state index is 0. The normalized spacial score (nSPS) is 8.50. The van der Waals surface area contributed by atoms with Crippen LogP contribution in [-0.4, -0.2) is 21.7 Å². The van der Waals surface area contributed by atoms with Crippen molar-refractivity contribution in [3.05, 3.63) is 17.7 Å². The monoisotopic (exact) mass is 172 g/mol. The number of aliphatic hydroxyl groups is 1. The van der Waals surface area contributed by atoms with Crippen molar-refractivity contribution in [2.45, 2.75) is 34.6 Å². The second-order valence-electron chi connectivity index (χ2n) is 2.32. The summed E-state index contributed by atoms with van der Waals surface area (Å²) in [6.07, 6.45) is 3.50. The largest absolute Gasteiger partial charge is 0.396 e. The fraction of sp³-hybridized carbons (Fsp3) is 0.667. The van der Waals surface area contributed by atoms with E-state index in [1.165, 1.54) is 0 Å². The second kappa shape index (κ2) is 6.85. The maximum atomic E-state index is 8.50. The predicted octanol–water partition coefficient (Wildman–Crippen LogP) is 1.92. The number of aromatic nitrogens is 2. The maximum Gasteiger partial charge on any atom is 0.103 e. The third kappa shape index (κ3) is 4.13. The molecule has 3 heteroatoms. The zero-order chi connectivity index (χ0) is 7.40. The van der Waals surface area contributed by atoms with Crippen LogP contribution in [0.25, 0.3) is 0 Å². The van der Waals surface area contributed by atoms with E-state index < -0.39 is 0 Å². The lowest BCUT2D eigenvalue weighted by atomic mass is 10.3. The summed E-state index contributed by atoms with van der Waals surface area (Å²) in [7, 11) is 0. The van der Waals surface area contributed by atoms with E-state index in [2.05, 4.69) is 9.97 Å². The lowest BCUT2D eigenvalue weighted by Crippen LogP contribution is -1.88. The molecule has 72 valence electrons. The molecule has 3 nitrogen and oxygen atoms in total. The number of hydrogen-bond donors (Lipinski definition) is 2. The van der Waals surface area contributed by atoms with Gasteiger partial charge in [0.25, 0.3) is 0 Å². The maximum absolute atomic E-state index is 8.50. The molecule has 1 rings (SSSR count). The Kier molecular flexibility index (Phi) is 7.85. The van der Waals surface area contributed by atoms with Gasteiger partial charge in [0.1, 0.15) is 5.82 Å². The topological polar surface area (TPSA) is 48.9 Å². The third-order valence-corrected chi connectivity index (χ3v) is 1.36. The number of imidazole rings is 1. The Morgan fingerprint density at radius 3 is 2.58 bits per heavy atom. The van der Waals surface area contributed by atoms with Crippen LogP contribution < -0.4 is 0 Å². The van der Waals surface area contributed by atoms with E-state index in [0.29, 0.717) is 0 Å². The van der Waals surface area contributed by atoms with E-state index in [-0.39, 0.29) is 21.5 Å². The molecule has 0 atom stereocenters. The van der Waals surface area contributed by atoms with E-state index in [1.54, 1.807) is 0 Å². The van der Waals surface area contributed by atoms with Crippen LogP contribution in [0, 0.1) is 6.92 Å². The van der Waals surface area contributed by atoms with E-state index in [1.807, 2.05) is 13.1 Å². The standard InChI is InChI=1S/C7H12N2O.2CH4/c1-6-8-5-7(9-6)3-2-4-10;;/h5,10H,2-4H2,1H3,(H,8,9);2*1H4. The van der Waals surface area contributed by atoms with Crippen molar-refractivity contribution in [1.29, 1.82) is 0 Å². The van der Waals surface area contributed by atoms with Gasteiger partial charge in [-0.25, -0.2) is 4.98 Å². The first kappa shape index (κ1) is 13.7. The van der Waals surface area contributed by atoms with Crippen molar-refractivity contribution in [2.75, 3.05) is 6.61 Å². The van der Waals surface area contributed by atoms with Crippen LogP contribution >= 0.6 is 0 Å². The SMILES string of the molecule is C.C.Cc1ncc(CCCO)[nH]1. The Balaban J connectivity index is 0. The van der Waals surface area contributed by atoms with Crippen LogP contribution in [0.15, 0.2) is 6.20 Å². The zero-order valence-electron chi connectivity index (χ0n) is 6.09. The minimum Gasteiger partial charge on any atom is -0.396 e. The molecule has 0 aliphatic heterocycles. The van der Waals surface area contributed by atoms with Crippen LogP contribution in [0.4, 0.5) is 0 Å². The van der Waals surface area contributed by atoms with Gasteiger partial charge in [0.05, 0.1) is 0 Å².